The maximum absolute atomic E-state index is 12.7. The maximum Gasteiger partial charge on any atom is 0.230 e. The average molecular weight is 463 g/mol. The number of hydrogen-bond acceptors (Lipinski definition) is 6. The number of hydrogen-bond donors (Lipinski definition) is 0. The third kappa shape index (κ3) is 4.83. The van der Waals surface area contributed by atoms with Crippen molar-refractivity contribution in [3.05, 3.63) is 70.2 Å². The Morgan fingerprint density at radius 2 is 1.76 bits per heavy atom. The Kier molecular flexibility index (Phi) is 6.89. The second-order valence-electron chi connectivity index (χ2n) is 7.60. The fourth-order valence-electron chi connectivity index (χ4n) is 3.80. The van der Waals surface area contributed by atoms with E-state index in [1.54, 1.807) is 36.1 Å². The van der Waals surface area contributed by atoms with Crippen LogP contribution in [0.5, 0.6) is 11.5 Å². The number of aromatic nitrogens is 1. The van der Waals surface area contributed by atoms with E-state index in [1.807, 2.05) is 23.6 Å². The van der Waals surface area contributed by atoms with E-state index in [0.717, 1.165) is 29.7 Å². The lowest BCUT2D eigenvalue weighted by atomic mass is 10.0. The second-order valence-corrected chi connectivity index (χ2v) is 8.43. The fraction of sp³-hybridized carbons (Fsp3) is 0.269. The minimum absolute atomic E-state index is 0.0946. The number of allylic oxidation sites excluding steroid dienone is 1. The highest BCUT2D eigenvalue weighted by Gasteiger charge is 2.22. The van der Waals surface area contributed by atoms with Gasteiger partial charge in [-0.2, -0.15) is 0 Å². The number of anilines is 2. The number of aryl methyl sites for hydroxylation is 2. The zero-order chi connectivity index (χ0) is 23.4. The van der Waals surface area contributed by atoms with Gasteiger partial charge in [-0.15, -0.1) is 11.3 Å². The highest BCUT2D eigenvalue weighted by molar-refractivity contribution is 7.14. The molecule has 6 nitrogen and oxygen atoms in total. The van der Waals surface area contributed by atoms with E-state index < -0.39 is 0 Å². The highest BCUT2D eigenvalue weighted by atomic mass is 32.1. The van der Waals surface area contributed by atoms with Crippen molar-refractivity contribution in [3.63, 3.8) is 0 Å². The lowest BCUT2D eigenvalue weighted by molar-refractivity contribution is -0.115. The van der Waals surface area contributed by atoms with Crippen LogP contribution >= 0.6 is 11.3 Å². The largest absolute Gasteiger partial charge is 0.486 e. The molecule has 0 bridgehead atoms. The van der Waals surface area contributed by atoms with Crippen LogP contribution < -0.4 is 14.4 Å². The first-order valence-corrected chi connectivity index (χ1v) is 11.9. The summed E-state index contributed by atoms with van der Waals surface area (Å²) in [5.41, 5.74) is 4.25. The van der Waals surface area contributed by atoms with E-state index in [4.69, 9.17) is 9.47 Å². The van der Waals surface area contributed by atoms with Gasteiger partial charge in [0.15, 0.2) is 22.4 Å². The SMILES string of the molecule is CCc1cccc(CC)c1N(C(C)=O)c1nc(C=CC(=O)c2ccc3c(c2)OCCO3)cs1. The van der Waals surface area contributed by atoms with Crippen LogP contribution in [-0.4, -0.2) is 29.9 Å². The number of ether oxygens (including phenoxy) is 2. The predicted molar refractivity (Wildman–Crippen MR) is 131 cm³/mol. The third-order valence-electron chi connectivity index (χ3n) is 5.44. The van der Waals surface area contributed by atoms with Gasteiger partial charge in [0.1, 0.15) is 13.2 Å². The summed E-state index contributed by atoms with van der Waals surface area (Å²) in [4.78, 5) is 31.6. The number of thiazole rings is 1. The van der Waals surface area contributed by atoms with Crippen LogP contribution in [0.1, 0.15) is 48.0 Å². The van der Waals surface area contributed by atoms with Crippen LogP contribution in [0.15, 0.2) is 47.9 Å². The molecule has 0 radical (unpaired) electrons. The summed E-state index contributed by atoms with van der Waals surface area (Å²) in [5.74, 6) is 0.973. The molecule has 1 aliphatic rings. The van der Waals surface area contributed by atoms with Gasteiger partial charge in [0, 0.05) is 17.9 Å². The van der Waals surface area contributed by atoms with Crippen LogP contribution in [0.4, 0.5) is 10.8 Å². The molecule has 2 aromatic carbocycles. The van der Waals surface area contributed by atoms with E-state index in [1.165, 1.54) is 17.4 Å². The molecule has 0 saturated carbocycles. The quantitative estimate of drug-likeness (QED) is 0.337. The summed E-state index contributed by atoms with van der Waals surface area (Å²) in [6, 6.07) is 11.3. The van der Waals surface area contributed by atoms with Gasteiger partial charge in [-0.3, -0.25) is 14.5 Å². The maximum atomic E-state index is 12.7. The Hall–Kier alpha value is -3.45. The lowest BCUT2D eigenvalue weighted by Crippen LogP contribution is -2.25. The number of carbonyl (C=O) groups is 2. The molecule has 0 aliphatic carbocycles. The number of para-hydroxylation sites is 1. The molecule has 1 amide bonds. The highest BCUT2D eigenvalue weighted by Crippen LogP contribution is 2.35. The molecule has 33 heavy (non-hydrogen) atoms. The third-order valence-corrected chi connectivity index (χ3v) is 6.28. The van der Waals surface area contributed by atoms with Gasteiger partial charge in [-0.25, -0.2) is 4.98 Å². The zero-order valence-electron chi connectivity index (χ0n) is 19.0. The van der Waals surface area contributed by atoms with E-state index in [2.05, 4.69) is 18.8 Å². The molecule has 170 valence electrons. The van der Waals surface area contributed by atoms with E-state index >= 15 is 0 Å². The zero-order valence-corrected chi connectivity index (χ0v) is 19.8. The van der Waals surface area contributed by atoms with Crippen LogP contribution in [-0.2, 0) is 17.6 Å². The molecular formula is C26H26N2O4S. The fourth-order valence-corrected chi connectivity index (χ4v) is 4.64. The first-order valence-electron chi connectivity index (χ1n) is 11.0. The Morgan fingerprint density at radius 3 is 2.42 bits per heavy atom. The monoisotopic (exact) mass is 462 g/mol. The van der Waals surface area contributed by atoms with Crippen molar-refractivity contribution < 1.29 is 19.1 Å². The molecule has 1 aromatic heterocycles. The molecule has 7 heteroatoms. The van der Waals surface area contributed by atoms with Crippen molar-refractivity contribution in [2.24, 2.45) is 0 Å². The first kappa shape index (κ1) is 22.7. The van der Waals surface area contributed by atoms with Crippen LogP contribution in [0.2, 0.25) is 0 Å². The normalized spacial score (nSPS) is 12.7. The van der Waals surface area contributed by atoms with E-state index in [0.29, 0.717) is 41.1 Å². The number of nitrogens with zero attached hydrogens (tertiary/aromatic N) is 2. The summed E-state index contributed by atoms with van der Waals surface area (Å²) in [6.45, 7) is 6.68. The lowest BCUT2D eigenvalue weighted by Gasteiger charge is -2.24. The molecule has 0 N–H and O–H groups in total. The number of rotatable bonds is 7. The molecule has 0 spiro atoms. The number of amides is 1. The molecule has 0 atom stereocenters. The minimum atomic E-state index is -0.158. The summed E-state index contributed by atoms with van der Waals surface area (Å²) >= 11 is 1.38. The van der Waals surface area contributed by atoms with Crippen molar-refractivity contribution in [2.75, 3.05) is 18.1 Å². The second kappa shape index (κ2) is 10.0. The van der Waals surface area contributed by atoms with Gasteiger partial charge >= 0.3 is 0 Å². The smallest absolute Gasteiger partial charge is 0.230 e. The van der Waals surface area contributed by atoms with E-state index in [9.17, 15) is 9.59 Å². The van der Waals surface area contributed by atoms with Crippen molar-refractivity contribution >= 4 is 39.9 Å². The average Bonchev–Trinajstić information content (AvgIpc) is 3.30. The van der Waals surface area contributed by atoms with E-state index in [-0.39, 0.29) is 11.7 Å². The Bertz CT molecular complexity index is 1190. The van der Waals surface area contributed by atoms with Crippen LogP contribution in [0, 0.1) is 0 Å². The van der Waals surface area contributed by atoms with Crippen molar-refractivity contribution in [1.82, 2.24) is 4.98 Å². The van der Waals surface area contributed by atoms with Crippen molar-refractivity contribution in [2.45, 2.75) is 33.6 Å². The first-order chi connectivity index (χ1) is 16.0. The Morgan fingerprint density at radius 1 is 1.06 bits per heavy atom. The molecule has 0 fully saturated rings. The Labute approximate surface area is 197 Å². The van der Waals surface area contributed by atoms with Gasteiger partial charge in [-0.1, -0.05) is 32.0 Å². The van der Waals surface area contributed by atoms with Crippen LogP contribution in [0.3, 0.4) is 0 Å². The van der Waals surface area contributed by atoms with Gasteiger partial charge in [0.05, 0.1) is 11.4 Å². The summed E-state index contributed by atoms with van der Waals surface area (Å²) in [5, 5.41) is 2.43. The summed E-state index contributed by atoms with van der Waals surface area (Å²) < 4.78 is 11.1. The molecule has 3 aromatic rings. The minimum Gasteiger partial charge on any atom is -0.486 e. The standard InChI is InChI=1S/C26H26N2O4S/c1-4-18-7-6-8-19(5-2)25(18)28(17(3)29)26-27-21(16-33-26)10-11-22(30)20-9-12-23-24(15-20)32-14-13-31-23/h6-12,15-16H,4-5,13-14H2,1-3H3. The number of benzene rings is 2. The summed E-state index contributed by atoms with van der Waals surface area (Å²) in [6.07, 6.45) is 4.79. The number of fused-ring (bicyclic) bond motifs is 1. The molecule has 0 saturated heterocycles. The van der Waals surface area contributed by atoms with Gasteiger partial charge in [-0.05, 0) is 54.3 Å². The van der Waals surface area contributed by atoms with Crippen molar-refractivity contribution in [3.8, 4) is 11.5 Å². The molecule has 2 heterocycles. The molecule has 4 rings (SSSR count). The Balaban J connectivity index is 1.59. The summed E-state index contributed by atoms with van der Waals surface area (Å²) in [7, 11) is 0. The van der Waals surface area contributed by atoms with Crippen LogP contribution in [0.25, 0.3) is 6.08 Å². The van der Waals surface area contributed by atoms with Crippen molar-refractivity contribution in [1.29, 1.82) is 0 Å². The van der Waals surface area contributed by atoms with Gasteiger partial charge < -0.3 is 9.47 Å². The predicted octanol–water partition coefficient (Wildman–Crippen LogP) is 5.62. The topological polar surface area (TPSA) is 68.7 Å². The van der Waals surface area contributed by atoms with Gasteiger partial charge in [0.2, 0.25) is 5.91 Å². The number of carbonyl (C=O) groups excluding carboxylic acids is 2. The van der Waals surface area contributed by atoms with Gasteiger partial charge in [0.25, 0.3) is 0 Å². The molecular weight excluding hydrogens is 436 g/mol. The molecule has 0 unspecified atom stereocenters. The molecule has 1 aliphatic heterocycles. The number of ketones is 1.